The van der Waals surface area contributed by atoms with Crippen molar-refractivity contribution in [2.75, 3.05) is 4.90 Å². The number of carbonyl (C=O) groups excluding carboxylic acids is 1. The molecule has 4 rings (SSSR count). The number of urea groups is 1. The molecule has 1 saturated heterocycles. The van der Waals surface area contributed by atoms with Gasteiger partial charge in [-0.05, 0) is 50.1 Å². The molecule has 2 amide bonds. The predicted octanol–water partition coefficient (Wildman–Crippen LogP) is 3.98. The summed E-state index contributed by atoms with van der Waals surface area (Å²) in [6, 6.07) is 9.86. The van der Waals surface area contributed by atoms with E-state index in [-0.39, 0.29) is 17.8 Å². The van der Waals surface area contributed by atoms with Gasteiger partial charge in [0.2, 0.25) is 0 Å². The Hall–Kier alpha value is -3.09. The molecule has 2 aromatic carbocycles. The molecule has 1 fully saturated rings. The van der Waals surface area contributed by atoms with Crippen molar-refractivity contribution in [3.63, 3.8) is 0 Å². The number of nitrogens with one attached hydrogen (secondary N) is 1. The van der Waals surface area contributed by atoms with E-state index in [2.05, 4.69) is 5.32 Å². The van der Waals surface area contributed by atoms with Crippen LogP contribution in [-0.2, 0) is 0 Å². The maximum absolute atomic E-state index is 12.9. The summed E-state index contributed by atoms with van der Waals surface area (Å²) >= 11 is 0. The Morgan fingerprint density at radius 3 is 2.58 bits per heavy atom. The second kappa shape index (κ2) is 5.45. The molecule has 26 heavy (non-hydrogen) atoms. The van der Waals surface area contributed by atoms with Gasteiger partial charge in [-0.3, -0.25) is 15.0 Å². The van der Waals surface area contributed by atoms with Crippen molar-refractivity contribution in [1.82, 2.24) is 5.32 Å². The van der Waals surface area contributed by atoms with Crippen molar-refractivity contribution in [3.05, 3.63) is 63.2 Å². The molecule has 0 aromatic heterocycles. The van der Waals surface area contributed by atoms with Gasteiger partial charge in [0.1, 0.15) is 5.75 Å². The van der Waals surface area contributed by atoms with Crippen molar-refractivity contribution >= 4 is 17.4 Å². The summed E-state index contributed by atoms with van der Waals surface area (Å²) in [6.45, 7) is 5.85. The highest BCUT2D eigenvalue weighted by molar-refractivity contribution is 5.95. The average Bonchev–Trinajstić information content (AvgIpc) is 2.52. The summed E-state index contributed by atoms with van der Waals surface area (Å²) in [5.74, 6) is 0.559. The van der Waals surface area contributed by atoms with Crippen molar-refractivity contribution in [2.45, 2.75) is 39.0 Å². The van der Waals surface area contributed by atoms with Crippen LogP contribution in [0.25, 0.3) is 0 Å². The Labute approximate surface area is 150 Å². The summed E-state index contributed by atoms with van der Waals surface area (Å²) in [4.78, 5) is 25.1. The minimum Gasteiger partial charge on any atom is -0.467 e. The molecular formula is C19H19N3O4. The van der Waals surface area contributed by atoms with Gasteiger partial charge in [-0.15, -0.1) is 0 Å². The first-order valence-corrected chi connectivity index (χ1v) is 8.43. The van der Waals surface area contributed by atoms with Crippen LogP contribution in [0.2, 0.25) is 0 Å². The van der Waals surface area contributed by atoms with Crippen LogP contribution >= 0.6 is 0 Å². The number of benzene rings is 2. The third kappa shape index (κ3) is 2.47. The number of amides is 2. The molecule has 1 N–H and O–H groups in total. The van der Waals surface area contributed by atoms with Crippen molar-refractivity contribution in [3.8, 4) is 5.75 Å². The molecule has 2 aliphatic rings. The SMILES string of the molecule is Cc1cc(C)cc(N2C(=O)N[C@@H]3C[C@@]2(C)Oc2ccc([N+](=O)[O-])cc23)c1. The van der Waals surface area contributed by atoms with Gasteiger partial charge in [0.25, 0.3) is 5.69 Å². The molecule has 7 heteroatoms. The monoisotopic (exact) mass is 353 g/mol. The summed E-state index contributed by atoms with van der Waals surface area (Å²) in [5, 5.41) is 14.0. The van der Waals surface area contributed by atoms with E-state index in [4.69, 9.17) is 4.74 Å². The largest absolute Gasteiger partial charge is 0.467 e. The summed E-state index contributed by atoms with van der Waals surface area (Å²) in [6.07, 6.45) is 0.500. The number of hydrogen-bond acceptors (Lipinski definition) is 4. The van der Waals surface area contributed by atoms with Gasteiger partial charge in [-0.2, -0.15) is 0 Å². The number of non-ortho nitro benzene ring substituents is 1. The number of aryl methyl sites for hydroxylation is 2. The molecule has 7 nitrogen and oxygen atoms in total. The zero-order valence-corrected chi connectivity index (χ0v) is 14.8. The van der Waals surface area contributed by atoms with Crippen LogP contribution in [0.3, 0.4) is 0 Å². The van der Waals surface area contributed by atoms with Crippen molar-refractivity contribution < 1.29 is 14.5 Å². The van der Waals surface area contributed by atoms with E-state index in [9.17, 15) is 14.9 Å². The Morgan fingerprint density at radius 1 is 1.23 bits per heavy atom. The molecule has 0 saturated carbocycles. The zero-order valence-electron chi connectivity index (χ0n) is 14.8. The van der Waals surface area contributed by atoms with Crippen LogP contribution in [0.15, 0.2) is 36.4 Å². The highest BCUT2D eigenvalue weighted by Crippen LogP contribution is 2.46. The lowest BCUT2D eigenvalue weighted by Crippen LogP contribution is -2.65. The fourth-order valence-electron chi connectivity index (χ4n) is 3.95. The van der Waals surface area contributed by atoms with Crippen LogP contribution in [0.5, 0.6) is 5.75 Å². The third-order valence-electron chi connectivity index (χ3n) is 4.93. The number of carbonyl (C=O) groups is 1. The van der Waals surface area contributed by atoms with E-state index in [0.29, 0.717) is 17.7 Å². The second-order valence-corrected chi connectivity index (χ2v) is 7.14. The number of fused-ring (bicyclic) bond motifs is 4. The van der Waals surface area contributed by atoms with Gasteiger partial charge in [0, 0.05) is 29.8 Å². The molecule has 0 unspecified atom stereocenters. The van der Waals surface area contributed by atoms with E-state index >= 15 is 0 Å². The van der Waals surface area contributed by atoms with Crippen LogP contribution in [0, 0.1) is 24.0 Å². The fourth-order valence-corrected chi connectivity index (χ4v) is 3.95. The smallest absolute Gasteiger partial charge is 0.325 e. The maximum Gasteiger partial charge on any atom is 0.325 e. The first-order chi connectivity index (χ1) is 12.3. The van der Waals surface area contributed by atoms with Gasteiger partial charge < -0.3 is 10.1 Å². The molecule has 2 bridgehead atoms. The molecule has 2 atom stereocenters. The fraction of sp³-hybridized carbons (Fsp3) is 0.316. The number of nitro groups is 1. The average molecular weight is 353 g/mol. The van der Waals surface area contributed by atoms with Gasteiger partial charge >= 0.3 is 6.03 Å². The Balaban J connectivity index is 1.79. The Bertz CT molecular complexity index is 922. The number of rotatable bonds is 2. The van der Waals surface area contributed by atoms with E-state index in [1.807, 2.05) is 39.0 Å². The summed E-state index contributed by atoms with van der Waals surface area (Å²) in [5.41, 5.74) is 2.66. The normalized spacial score (nSPS) is 23.7. The molecule has 2 aliphatic heterocycles. The van der Waals surface area contributed by atoms with Crippen molar-refractivity contribution in [2.24, 2.45) is 0 Å². The van der Waals surface area contributed by atoms with Crippen LogP contribution in [0.4, 0.5) is 16.2 Å². The lowest BCUT2D eigenvalue weighted by Gasteiger charge is -2.50. The van der Waals surface area contributed by atoms with E-state index < -0.39 is 10.6 Å². The minimum atomic E-state index is -0.865. The van der Waals surface area contributed by atoms with Gasteiger partial charge in [-0.1, -0.05) is 6.07 Å². The van der Waals surface area contributed by atoms with Crippen LogP contribution in [-0.4, -0.2) is 16.7 Å². The molecule has 0 spiro atoms. The predicted molar refractivity (Wildman–Crippen MR) is 96.4 cm³/mol. The highest BCUT2D eigenvalue weighted by Gasteiger charge is 2.50. The van der Waals surface area contributed by atoms with Gasteiger partial charge in [-0.25, -0.2) is 4.79 Å². The topological polar surface area (TPSA) is 84.7 Å². The molecular weight excluding hydrogens is 334 g/mol. The summed E-state index contributed by atoms with van der Waals surface area (Å²) in [7, 11) is 0. The standard InChI is InChI=1S/C19H19N3O4/c1-11-6-12(2)8-14(7-11)21-18(23)20-16-10-19(21,3)26-17-5-4-13(22(24)25)9-15(16)17/h4-9,16H,10H2,1-3H3,(H,20,23)/t16-,19-/m1/s1. The first kappa shape index (κ1) is 16.4. The zero-order chi connectivity index (χ0) is 18.6. The van der Waals surface area contributed by atoms with Crippen LogP contribution < -0.4 is 15.0 Å². The second-order valence-electron chi connectivity index (χ2n) is 7.14. The molecule has 134 valence electrons. The molecule has 2 heterocycles. The lowest BCUT2D eigenvalue weighted by atomic mass is 9.89. The quantitative estimate of drug-likeness (QED) is 0.654. The molecule has 0 radical (unpaired) electrons. The number of hydrogen-bond donors (Lipinski definition) is 1. The highest BCUT2D eigenvalue weighted by atomic mass is 16.6. The minimum absolute atomic E-state index is 0.0121. The number of nitrogens with zero attached hydrogens (tertiary/aromatic N) is 2. The Morgan fingerprint density at radius 2 is 1.92 bits per heavy atom. The van der Waals surface area contributed by atoms with E-state index in [1.165, 1.54) is 12.1 Å². The number of anilines is 1. The third-order valence-corrected chi connectivity index (χ3v) is 4.93. The molecule has 2 aromatic rings. The van der Waals surface area contributed by atoms with Gasteiger partial charge in [0.05, 0.1) is 11.0 Å². The van der Waals surface area contributed by atoms with Gasteiger partial charge in [0.15, 0.2) is 5.72 Å². The molecule has 0 aliphatic carbocycles. The first-order valence-electron chi connectivity index (χ1n) is 8.43. The number of ether oxygens (including phenoxy) is 1. The van der Waals surface area contributed by atoms with Crippen LogP contribution in [0.1, 0.15) is 36.1 Å². The summed E-state index contributed by atoms with van der Waals surface area (Å²) < 4.78 is 6.18. The van der Waals surface area contributed by atoms with Crippen molar-refractivity contribution in [1.29, 1.82) is 0 Å². The lowest BCUT2D eigenvalue weighted by molar-refractivity contribution is -0.385. The van der Waals surface area contributed by atoms with E-state index in [1.54, 1.807) is 11.0 Å². The van der Waals surface area contributed by atoms with E-state index in [0.717, 1.165) is 16.8 Å². The maximum atomic E-state index is 12.9. The number of nitro benzene ring substituents is 1. The Kier molecular flexibility index (Phi) is 3.44.